The van der Waals surface area contributed by atoms with Gasteiger partial charge in [0.05, 0.1) is 11.6 Å². The van der Waals surface area contributed by atoms with E-state index >= 15 is 0 Å². The van der Waals surface area contributed by atoms with E-state index in [4.69, 9.17) is 0 Å². The lowest BCUT2D eigenvalue weighted by molar-refractivity contribution is -0.130. The molecule has 0 bridgehead atoms. The summed E-state index contributed by atoms with van der Waals surface area (Å²) in [6.45, 7) is 6.34. The first kappa shape index (κ1) is 18.1. The van der Waals surface area contributed by atoms with Crippen LogP contribution in [0.5, 0.6) is 0 Å². The summed E-state index contributed by atoms with van der Waals surface area (Å²) in [4.78, 5) is 31.0. The van der Waals surface area contributed by atoms with Gasteiger partial charge < -0.3 is 19.9 Å². The lowest BCUT2D eigenvalue weighted by atomic mass is 10.1. The summed E-state index contributed by atoms with van der Waals surface area (Å²) < 4.78 is 14.0. The minimum absolute atomic E-state index is 0.0790. The first-order valence-corrected chi connectivity index (χ1v) is 8.57. The number of piperazine rings is 1. The van der Waals surface area contributed by atoms with Crippen molar-refractivity contribution in [3.63, 3.8) is 0 Å². The topological polar surface area (TPSA) is 76.6 Å². The van der Waals surface area contributed by atoms with Gasteiger partial charge in [0, 0.05) is 31.6 Å². The maximum absolute atomic E-state index is 14.0. The third kappa shape index (κ3) is 3.22. The second-order valence-corrected chi connectivity index (χ2v) is 6.49. The molecule has 1 aromatic heterocycles. The monoisotopic (exact) mass is 359 g/mol. The molecule has 1 saturated heterocycles. The van der Waals surface area contributed by atoms with Crippen LogP contribution in [0.4, 0.5) is 4.39 Å². The number of halogens is 1. The summed E-state index contributed by atoms with van der Waals surface area (Å²) >= 11 is 0. The van der Waals surface area contributed by atoms with Crippen LogP contribution in [0.25, 0.3) is 10.9 Å². The second-order valence-electron chi connectivity index (χ2n) is 6.49. The number of nitrogens with one attached hydrogen (secondary N) is 1. The zero-order valence-electron chi connectivity index (χ0n) is 14.7. The molecule has 0 aliphatic carbocycles. The van der Waals surface area contributed by atoms with Crippen LogP contribution in [0.2, 0.25) is 0 Å². The number of nitrogens with zero attached hydrogens (tertiary/aromatic N) is 2. The number of aliphatic hydroxyl groups excluding tert-OH is 1. The average Bonchev–Trinajstić information content (AvgIpc) is 3.10. The Bertz CT molecular complexity index is 822. The highest BCUT2D eigenvalue weighted by Gasteiger charge is 2.32. The van der Waals surface area contributed by atoms with E-state index in [1.165, 1.54) is 12.1 Å². The van der Waals surface area contributed by atoms with Crippen molar-refractivity contribution in [2.75, 3.05) is 26.2 Å². The lowest BCUT2D eigenvalue weighted by Crippen LogP contribution is -2.56. The van der Waals surface area contributed by atoms with Crippen LogP contribution >= 0.6 is 0 Å². The zero-order chi connectivity index (χ0) is 18.8. The number of hydrogen-bond donors (Lipinski definition) is 2. The quantitative estimate of drug-likeness (QED) is 0.818. The molecule has 1 aromatic carbocycles. The molecule has 0 saturated carbocycles. The molecule has 6 nitrogen and oxygen atoms in total. The van der Waals surface area contributed by atoms with Crippen LogP contribution in [-0.4, -0.2) is 64.0 Å². The molecule has 0 radical (unpaired) electrons. The molecule has 1 aliphatic rings. The number of rotatable bonds is 4. The molecule has 138 valence electrons. The molecule has 26 heavy (non-hydrogen) atoms. The van der Waals surface area contributed by atoms with E-state index in [2.05, 4.69) is 11.6 Å². The van der Waals surface area contributed by atoms with E-state index in [1.54, 1.807) is 21.9 Å². The van der Waals surface area contributed by atoms with Gasteiger partial charge in [-0.2, -0.15) is 0 Å². The van der Waals surface area contributed by atoms with E-state index in [9.17, 15) is 19.1 Å². The van der Waals surface area contributed by atoms with Gasteiger partial charge in [-0.25, -0.2) is 4.39 Å². The normalized spacial score (nSPS) is 17.6. The standard InChI is InChI=1S/C19H22FN3O3/c1-3-17(25)23-8-7-22(11-13(23)6-9-24)19(26)16-10-14-12(2)4-5-15(20)18(14)21-16/h3-5,10,13,21,24H,1,6-9,11H2,2H3. The molecule has 1 fully saturated rings. The molecule has 0 spiro atoms. The maximum atomic E-state index is 14.0. The summed E-state index contributed by atoms with van der Waals surface area (Å²) in [6, 6.07) is 4.44. The number of aliphatic hydroxyl groups is 1. The highest BCUT2D eigenvalue weighted by atomic mass is 19.1. The Balaban J connectivity index is 1.84. The Morgan fingerprint density at radius 1 is 1.42 bits per heavy atom. The number of benzene rings is 1. The van der Waals surface area contributed by atoms with Gasteiger partial charge in [-0.15, -0.1) is 0 Å². The van der Waals surface area contributed by atoms with Gasteiger partial charge in [0.2, 0.25) is 5.91 Å². The number of carbonyl (C=O) groups is 2. The van der Waals surface area contributed by atoms with Crippen LogP contribution in [-0.2, 0) is 4.79 Å². The largest absolute Gasteiger partial charge is 0.396 e. The predicted octanol–water partition coefficient (Wildman–Crippen LogP) is 1.84. The number of aromatic amines is 1. The molecule has 1 unspecified atom stereocenters. The van der Waals surface area contributed by atoms with Crippen LogP contribution in [0.1, 0.15) is 22.5 Å². The zero-order valence-corrected chi connectivity index (χ0v) is 14.7. The van der Waals surface area contributed by atoms with E-state index in [1.807, 2.05) is 6.92 Å². The highest BCUT2D eigenvalue weighted by molar-refractivity contribution is 5.99. The van der Waals surface area contributed by atoms with Gasteiger partial charge in [-0.1, -0.05) is 12.6 Å². The number of fused-ring (bicyclic) bond motifs is 1. The fourth-order valence-electron chi connectivity index (χ4n) is 3.45. The van der Waals surface area contributed by atoms with Crippen molar-refractivity contribution in [3.8, 4) is 0 Å². The molecule has 2 N–H and O–H groups in total. The van der Waals surface area contributed by atoms with Crippen molar-refractivity contribution in [2.45, 2.75) is 19.4 Å². The number of aromatic nitrogens is 1. The SMILES string of the molecule is C=CC(=O)N1CCN(C(=O)c2cc3c(C)ccc(F)c3[nH]2)CC1CCO. The first-order valence-electron chi connectivity index (χ1n) is 8.57. The maximum Gasteiger partial charge on any atom is 0.270 e. The van der Waals surface area contributed by atoms with Crippen molar-refractivity contribution < 1.29 is 19.1 Å². The van der Waals surface area contributed by atoms with E-state index in [0.717, 1.165) is 5.56 Å². The van der Waals surface area contributed by atoms with Gasteiger partial charge >= 0.3 is 0 Å². The summed E-state index contributed by atoms with van der Waals surface area (Å²) in [5, 5.41) is 9.96. The minimum atomic E-state index is -0.399. The van der Waals surface area contributed by atoms with Crippen molar-refractivity contribution >= 4 is 22.7 Å². The summed E-state index contributed by atoms with van der Waals surface area (Å²) in [6.07, 6.45) is 1.62. The Morgan fingerprint density at radius 2 is 2.19 bits per heavy atom. The molecule has 2 heterocycles. The average molecular weight is 359 g/mol. The summed E-state index contributed by atoms with van der Waals surface area (Å²) in [5.74, 6) is -0.850. The smallest absolute Gasteiger partial charge is 0.270 e. The van der Waals surface area contributed by atoms with E-state index in [-0.39, 0.29) is 24.5 Å². The molecule has 1 atom stereocenters. The molecule has 3 rings (SSSR count). The van der Waals surface area contributed by atoms with Crippen molar-refractivity contribution in [2.24, 2.45) is 0 Å². The minimum Gasteiger partial charge on any atom is -0.396 e. The van der Waals surface area contributed by atoms with Crippen molar-refractivity contribution in [1.29, 1.82) is 0 Å². The first-order chi connectivity index (χ1) is 12.5. The number of H-pyrrole nitrogens is 1. The lowest BCUT2D eigenvalue weighted by Gasteiger charge is -2.40. The number of amides is 2. The molecular formula is C19H22FN3O3. The van der Waals surface area contributed by atoms with E-state index < -0.39 is 5.82 Å². The van der Waals surface area contributed by atoms with E-state index in [0.29, 0.717) is 42.7 Å². The summed E-state index contributed by atoms with van der Waals surface area (Å²) in [7, 11) is 0. The van der Waals surface area contributed by atoms with Gasteiger partial charge in [0.1, 0.15) is 11.5 Å². The number of hydrogen-bond acceptors (Lipinski definition) is 3. The van der Waals surface area contributed by atoms with Crippen LogP contribution in [0.3, 0.4) is 0 Å². The Morgan fingerprint density at radius 3 is 2.85 bits per heavy atom. The van der Waals surface area contributed by atoms with Crippen molar-refractivity contribution in [3.05, 3.63) is 47.9 Å². The van der Waals surface area contributed by atoms with Gasteiger partial charge in [0.15, 0.2) is 0 Å². The van der Waals surface area contributed by atoms with Gasteiger partial charge in [0.25, 0.3) is 5.91 Å². The highest BCUT2D eigenvalue weighted by Crippen LogP contribution is 2.24. The van der Waals surface area contributed by atoms with Gasteiger partial charge in [-0.3, -0.25) is 9.59 Å². The van der Waals surface area contributed by atoms with Crippen molar-refractivity contribution in [1.82, 2.24) is 14.8 Å². The fraction of sp³-hybridized carbons (Fsp3) is 0.368. The van der Waals surface area contributed by atoms with Crippen LogP contribution in [0, 0.1) is 12.7 Å². The third-order valence-electron chi connectivity index (χ3n) is 4.88. The molecule has 1 aliphatic heterocycles. The number of carbonyl (C=O) groups excluding carboxylic acids is 2. The second kappa shape index (κ2) is 7.29. The molecule has 2 aromatic rings. The molecular weight excluding hydrogens is 337 g/mol. The predicted molar refractivity (Wildman–Crippen MR) is 96.3 cm³/mol. The van der Waals surface area contributed by atoms with Crippen LogP contribution < -0.4 is 0 Å². The summed E-state index contributed by atoms with van der Waals surface area (Å²) in [5.41, 5.74) is 1.52. The Hall–Kier alpha value is -2.67. The fourth-order valence-corrected chi connectivity index (χ4v) is 3.45. The molecule has 2 amide bonds. The third-order valence-corrected chi connectivity index (χ3v) is 4.88. The Labute approximate surface area is 150 Å². The number of aryl methyl sites for hydroxylation is 1. The molecule has 7 heteroatoms. The van der Waals surface area contributed by atoms with Crippen LogP contribution in [0.15, 0.2) is 30.9 Å². The Kier molecular flexibility index (Phi) is 5.08. The van der Waals surface area contributed by atoms with Gasteiger partial charge in [-0.05, 0) is 37.1 Å².